The van der Waals surface area contributed by atoms with Crippen LogP contribution in [-0.2, 0) is 16.9 Å². The maximum atomic E-state index is 13.0. The van der Waals surface area contributed by atoms with Gasteiger partial charge in [0.2, 0.25) is 15.0 Å². The Morgan fingerprint density at radius 2 is 2.00 bits per heavy atom. The van der Waals surface area contributed by atoms with Crippen LogP contribution in [0, 0.1) is 5.82 Å². The normalized spacial score (nSPS) is 11.7. The fraction of sp³-hybridized carbons (Fsp3) is 0.200. The Bertz CT molecular complexity index is 664. The van der Waals surface area contributed by atoms with Crippen LogP contribution < -0.4 is 0 Å². The quantitative estimate of drug-likeness (QED) is 0.803. The summed E-state index contributed by atoms with van der Waals surface area (Å²) >= 11 is 0. The van der Waals surface area contributed by atoms with Crippen molar-refractivity contribution in [3.63, 3.8) is 0 Å². The highest BCUT2D eigenvalue weighted by molar-refractivity contribution is 7.90. The Labute approximate surface area is 97.8 Å². The monoisotopic (exact) mass is 255 g/mol. The molecule has 1 aromatic heterocycles. The lowest BCUT2D eigenvalue weighted by Crippen LogP contribution is -2.06. The van der Waals surface area contributed by atoms with Gasteiger partial charge in [0.05, 0.1) is 0 Å². The molecule has 0 spiro atoms. The fourth-order valence-electron chi connectivity index (χ4n) is 1.52. The van der Waals surface area contributed by atoms with Crippen LogP contribution in [0.25, 0.3) is 11.4 Å². The molecule has 0 saturated heterocycles. The van der Waals surface area contributed by atoms with Crippen molar-refractivity contribution in [3.05, 3.63) is 30.1 Å². The molecule has 7 heteroatoms. The summed E-state index contributed by atoms with van der Waals surface area (Å²) in [4.78, 5) is 0. The van der Waals surface area contributed by atoms with E-state index in [1.54, 1.807) is 6.07 Å². The van der Waals surface area contributed by atoms with Crippen molar-refractivity contribution in [1.82, 2.24) is 14.8 Å². The Morgan fingerprint density at radius 1 is 1.29 bits per heavy atom. The van der Waals surface area contributed by atoms with Gasteiger partial charge in [-0.15, -0.1) is 10.2 Å². The van der Waals surface area contributed by atoms with Crippen LogP contribution in [0.3, 0.4) is 0 Å². The fourth-order valence-corrected chi connectivity index (χ4v) is 2.29. The summed E-state index contributed by atoms with van der Waals surface area (Å²) in [6.07, 6.45) is 1.05. The van der Waals surface area contributed by atoms with Crippen LogP contribution >= 0.6 is 0 Å². The third-order valence-electron chi connectivity index (χ3n) is 2.25. The zero-order valence-electron chi connectivity index (χ0n) is 9.25. The molecule has 2 rings (SSSR count). The van der Waals surface area contributed by atoms with Gasteiger partial charge in [-0.1, -0.05) is 12.1 Å². The first kappa shape index (κ1) is 11.7. The summed E-state index contributed by atoms with van der Waals surface area (Å²) in [6, 6.07) is 5.74. The van der Waals surface area contributed by atoms with Gasteiger partial charge in [-0.25, -0.2) is 12.8 Å². The third kappa shape index (κ3) is 2.19. The molecule has 1 aromatic carbocycles. The van der Waals surface area contributed by atoms with E-state index in [-0.39, 0.29) is 5.16 Å². The van der Waals surface area contributed by atoms with E-state index in [2.05, 4.69) is 10.2 Å². The maximum absolute atomic E-state index is 13.0. The molecule has 0 bridgehead atoms. The number of benzene rings is 1. The average molecular weight is 255 g/mol. The van der Waals surface area contributed by atoms with Crippen molar-refractivity contribution in [2.24, 2.45) is 7.05 Å². The predicted molar refractivity (Wildman–Crippen MR) is 59.5 cm³/mol. The standard InChI is InChI=1S/C10H10FN3O2S/c1-14-9(7-4-3-5-8(11)6-7)12-13-10(14)17(2,15)16/h3-6H,1-2H3. The second-order valence-corrected chi connectivity index (χ2v) is 5.56. The van der Waals surface area contributed by atoms with Crippen LogP contribution in [0.2, 0.25) is 0 Å². The molecular formula is C10H10FN3O2S. The van der Waals surface area contributed by atoms with Crippen LogP contribution in [0.15, 0.2) is 29.4 Å². The summed E-state index contributed by atoms with van der Waals surface area (Å²) < 4.78 is 37.1. The lowest BCUT2D eigenvalue weighted by Gasteiger charge is -2.02. The van der Waals surface area contributed by atoms with Crippen molar-refractivity contribution in [2.45, 2.75) is 5.16 Å². The lowest BCUT2D eigenvalue weighted by atomic mass is 10.2. The minimum absolute atomic E-state index is 0.142. The molecule has 5 nitrogen and oxygen atoms in total. The van der Waals surface area contributed by atoms with Crippen LogP contribution in [0.5, 0.6) is 0 Å². The van der Waals surface area contributed by atoms with Crippen molar-refractivity contribution < 1.29 is 12.8 Å². The average Bonchev–Trinajstić information content (AvgIpc) is 2.59. The van der Waals surface area contributed by atoms with E-state index in [0.717, 1.165) is 6.26 Å². The molecule has 0 aliphatic heterocycles. The van der Waals surface area contributed by atoms with E-state index in [4.69, 9.17) is 0 Å². The maximum Gasteiger partial charge on any atom is 0.249 e. The van der Waals surface area contributed by atoms with E-state index in [1.807, 2.05) is 0 Å². The van der Waals surface area contributed by atoms with Gasteiger partial charge >= 0.3 is 0 Å². The van der Waals surface area contributed by atoms with E-state index in [0.29, 0.717) is 11.4 Å². The van der Waals surface area contributed by atoms with Crippen molar-refractivity contribution in [2.75, 3.05) is 6.26 Å². The van der Waals surface area contributed by atoms with Gasteiger partial charge in [0.1, 0.15) is 5.82 Å². The molecule has 90 valence electrons. The Morgan fingerprint density at radius 3 is 2.53 bits per heavy atom. The third-order valence-corrected chi connectivity index (χ3v) is 3.27. The van der Waals surface area contributed by atoms with Crippen LogP contribution in [-0.4, -0.2) is 29.4 Å². The molecule has 0 unspecified atom stereocenters. The molecule has 1 heterocycles. The minimum atomic E-state index is -3.44. The molecule has 0 saturated carbocycles. The van der Waals surface area contributed by atoms with Gasteiger partial charge in [-0.05, 0) is 12.1 Å². The van der Waals surface area contributed by atoms with Gasteiger partial charge in [-0.2, -0.15) is 0 Å². The largest absolute Gasteiger partial charge is 0.301 e. The number of nitrogens with zero attached hydrogens (tertiary/aromatic N) is 3. The molecule has 0 radical (unpaired) electrons. The van der Waals surface area contributed by atoms with Crippen molar-refractivity contribution in [3.8, 4) is 11.4 Å². The molecule has 0 fully saturated rings. The molecule has 0 amide bonds. The zero-order chi connectivity index (χ0) is 12.6. The molecule has 2 aromatic rings. The lowest BCUT2D eigenvalue weighted by molar-refractivity contribution is 0.584. The first-order valence-electron chi connectivity index (χ1n) is 4.75. The molecule has 0 N–H and O–H groups in total. The van der Waals surface area contributed by atoms with E-state index < -0.39 is 15.7 Å². The highest BCUT2D eigenvalue weighted by Gasteiger charge is 2.18. The van der Waals surface area contributed by atoms with E-state index in [1.165, 1.54) is 29.8 Å². The predicted octanol–water partition coefficient (Wildman–Crippen LogP) is 1.02. The van der Waals surface area contributed by atoms with Crippen molar-refractivity contribution in [1.29, 1.82) is 0 Å². The van der Waals surface area contributed by atoms with Gasteiger partial charge in [0.15, 0.2) is 5.82 Å². The number of hydrogen-bond donors (Lipinski definition) is 0. The summed E-state index contributed by atoms with van der Waals surface area (Å²) in [5.41, 5.74) is 0.481. The summed E-state index contributed by atoms with van der Waals surface area (Å²) in [6.45, 7) is 0. The van der Waals surface area contributed by atoms with Crippen molar-refractivity contribution >= 4 is 9.84 Å². The van der Waals surface area contributed by atoms with Crippen LogP contribution in [0.4, 0.5) is 4.39 Å². The second-order valence-electron chi connectivity index (χ2n) is 3.65. The summed E-state index contributed by atoms with van der Waals surface area (Å²) in [7, 11) is -1.91. The number of halogens is 1. The molecule has 0 atom stereocenters. The first-order chi connectivity index (χ1) is 7.89. The number of rotatable bonds is 2. The van der Waals surface area contributed by atoms with E-state index in [9.17, 15) is 12.8 Å². The number of aromatic nitrogens is 3. The van der Waals surface area contributed by atoms with Crippen LogP contribution in [0.1, 0.15) is 0 Å². The minimum Gasteiger partial charge on any atom is -0.301 e. The summed E-state index contributed by atoms with van der Waals surface area (Å²) in [5, 5.41) is 7.21. The van der Waals surface area contributed by atoms with E-state index >= 15 is 0 Å². The molecule has 0 aliphatic rings. The smallest absolute Gasteiger partial charge is 0.249 e. The Kier molecular flexibility index (Phi) is 2.70. The first-order valence-corrected chi connectivity index (χ1v) is 6.64. The molecule has 17 heavy (non-hydrogen) atoms. The zero-order valence-corrected chi connectivity index (χ0v) is 10.1. The van der Waals surface area contributed by atoms with Gasteiger partial charge in [0.25, 0.3) is 0 Å². The SMILES string of the molecule is Cn1c(-c2cccc(F)c2)nnc1S(C)(=O)=O. The topological polar surface area (TPSA) is 64.8 Å². The molecule has 0 aliphatic carbocycles. The highest BCUT2D eigenvalue weighted by atomic mass is 32.2. The summed E-state index contributed by atoms with van der Waals surface area (Å²) in [5.74, 6) is -0.101. The van der Waals surface area contributed by atoms with Gasteiger partial charge in [-0.3, -0.25) is 0 Å². The molecular weight excluding hydrogens is 245 g/mol. The highest BCUT2D eigenvalue weighted by Crippen LogP contribution is 2.19. The van der Waals surface area contributed by atoms with Gasteiger partial charge < -0.3 is 4.57 Å². The number of hydrogen-bond acceptors (Lipinski definition) is 4. The van der Waals surface area contributed by atoms with Gasteiger partial charge in [0, 0.05) is 18.9 Å². The number of sulfone groups is 1. The second kappa shape index (κ2) is 3.92. The Balaban J connectivity index is 2.60. The Hall–Kier alpha value is -1.76.